The van der Waals surface area contributed by atoms with Gasteiger partial charge in [0.2, 0.25) is 0 Å². The number of nitrogens with zero attached hydrogens (tertiary/aromatic N) is 2. The minimum atomic E-state index is -0.726. The molecule has 4 rings (SSSR count). The number of amides is 2. The van der Waals surface area contributed by atoms with Crippen molar-refractivity contribution in [3.8, 4) is 0 Å². The van der Waals surface area contributed by atoms with Gasteiger partial charge in [-0.3, -0.25) is 14.5 Å². The topological polar surface area (TPSA) is 102 Å². The van der Waals surface area contributed by atoms with Gasteiger partial charge in [0.1, 0.15) is 12.4 Å². The maximum atomic E-state index is 13.1. The molecule has 1 aromatic rings. The summed E-state index contributed by atoms with van der Waals surface area (Å²) in [7, 11) is 2.42. The Hall–Kier alpha value is -3.20. The van der Waals surface area contributed by atoms with Crippen LogP contribution < -0.4 is 4.90 Å². The van der Waals surface area contributed by atoms with Crippen molar-refractivity contribution >= 4 is 29.4 Å². The molecule has 31 heavy (non-hydrogen) atoms. The van der Waals surface area contributed by atoms with Gasteiger partial charge in [-0.2, -0.15) is 0 Å². The zero-order valence-electron chi connectivity index (χ0n) is 17.5. The lowest BCUT2D eigenvalue weighted by atomic mass is 9.94. The third-order valence-electron chi connectivity index (χ3n) is 5.99. The molecular formula is C22H24N2O7. The highest BCUT2D eigenvalue weighted by Gasteiger charge is 2.41. The number of carbonyl (C=O) groups is 4. The van der Waals surface area contributed by atoms with Gasteiger partial charge in [-0.25, -0.2) is 9.59 Å². The molecule has 1 fully saturated rings. The molecule has 2 aliphatic heterocycles. The van der Waals surface area contributed by atoms with Crippen LogP contribution in [0.3, 0.4) is 0 Å². The molecule has 9 nitrogen and oxygen atoms in total. The summed E-state index contributed by atoms with van der Waals surface area (Å²) in [6, 6.07) is 4.68. The van der Waals surface area contributed by atoms with Crippen LogP contribution in [0.4, 0.5) is 5.69 Å². The summed E-state index contributed by atoms with van der Waals surface area (Å²) in [5.74, 6) is -2.05. The maximum absolute atomic E-state index is 13.1. The summed E-state index contributed by atoms with van der Waals surface area (Å²) < 4.78 is 15.1. The summed E-state index contributed by atoms with van der Waals surface area (Å²) in [6.45, 7) is -0.135. The zero-order chi connectivity index (χ0) is 22.1. The molecule has 0 unspecified atom stereocenters. The fourth-order valence-corrected chi connectivity index (χ4v) is 4.43. The third-order valence-corrected chi connectivity index (χ3v) is 5.99. The summed E-state index contributed by atoms with van der Waals surface area (Å²) in [5.41, 5.74) is 1.07. The molecule has 164 valence electrons. The number of hydrogen-bond acceptors (Lipinski definition) is 8. The van der Waals surface area contributed by atoms with Gasteiger partial charge in [0.15, 0.2) is 0 Å². The minimum Gasteiger partial charge on any atom is -0.466 e. The first-order chi connectivity index (χ1) is 15.0. The van der Waals surface area contributed by atoms with Crippen LogP contribution in [0.1, 0.15) is 52.8 Å². The molecule has 1 saturated carbocycles. The molecule has 0 saturated heterocycles. The average molecular weight is 428 g/mol. The van der Waals surface area contributed by atoms with Gasteiger partial charge in [0.05, 0.1) is 37.5 Å². The predicted molar refractivity (Wildman–Crippen MR) is 108 cm³/mol. The van der Waals surface area contributed by atoms with Gasteiger partial charge < -0.3 is 19.1 Å². The van der Waals surface area contributed by atoms with Gasteiger partial charge in [-0.15, -0.1) is 0 Å². The highest BCUT2D eigenvalue weighted by Crippen LogP contribution is 2.34. The van der Waals surface area contributed by atoms with Crippen LogP contribution in [0.5, 0.6) is 0 Å². The van der Waals surface area contributed by atoms with Crippen molar-refractivity contribution < 1.29 is 33.4 Å². The smallest absolute Gasteiger partial charge is 0.355 e. The van der Waals surface area contributed by atoms with Crippen LogP contribution in [0.15, 0.2) is 29.5 Å². The van der Waals surface area contributed by atoms with Crippen molar-refractivity contribution in [2.45, 2.75) is 38.1 Å². The first-order valence-corrected chi connectivity index (χ1v) is 10.2. The van der Waals surface area contributed by atoms with Crippen LogP contribution >= 0.6 is 0 Å². The Labute approximate surface area is 179 Å². The Balaban J connectivity index is 1.72. The van der Waals surface area contributed by atoms with Crippen molar-refractivity contribution in [3.05, 3.63) is 40.6 Å². The Bertz CT molecular complexity index is 978. The summed E-state index contributed by atoms with van der Waals surface area (Å²) >= 11 is 0. The van der Waals surface area contributed by atoms with E-state index in [9.17, 15) is 19.2 Å². The Morgan fingerprint density at radius 2 is 1.65 bits per heavy atom. The van der Waals surface area contributed by atoms with E-state index in [1.165, 1.54) is 24.0 Å². The maximum Gasteiger partial charge on any atom is 0.355 e. The standard InChI is InChI=1S/C22H24N2O7/c1-29-21(27)17-11-31-12-23(18(17)22(28)30-2)14-8-9-15-16(10-14)20(26)24(19(15)25)13-6-4-3-5-7-13/h8-10,13H,3-7,11-12H2,1-2H3. The molecule has 3 aliphatic rings. The van der Waals surface area contributed by atoms with Crippen LogP contribution in [0, 0.1) is 0 Å². The van der Waals surface area contributed by atoms with Gasteiger partial charge >= 0.3 is 11.9 Å². The van der Waals surface area contributed by atoms with Crippen molar-refractivity contribution in [3.63, 3.8) is 0 Å². The molecular weight excluding hydrogens is 404 g/mol. The summed E-state index contributed by atoms with van der Waals surface area (Å²) in [4.78, 5) is 53.5. The first kappa shape index (κ1) is 21.0. The number of rotatable bonds is 4. The number of ether oxygens (including phenoxy) is 3. The van der Waals surface area contributed by atoms with E-state index in [4.69, 9.17) is 14.2 Å². The number of imide groups is 1. The molecule has 0 N–H and O–H groups in total. The van der Waals surface area contributed by atoms with Gasteiger partial charge in [-0.1, -0.05) is 19.3 Å². The summed E-state index contributed by atoms with van der Waals surface area (Å²) in [6.07, 6.45) is 4.74. The molecule has 0 aromatic heterocycles. The number of fused-ring (bicyclic) bond motifs is 1. The lowest BCUT2D eigenvalue weighted by Gasteiger charge is -2.31. The molecule has 0 spiro atoms. The molecule has 9 heteroatoms. The molecule has 0 radical (unpaired) electrons. The van der Waals surface area contributed by atoms with Crippen molar-refractivity contribution in [1.29, 1.82) is 0 Å². The number of carbonyl (C=O) groups excluding carboxylic acids is 4. The van der Waals surface area contributed by atoms with E-state index in [0.717, 1.165) is 32.1 Å². The van der Waals surface area contributed by atoms with Crippen molar-refractivity contribution in [2.24, 2.45) is 0 Å². The third kappa shape index (κ3) is 3.59. The van der Waals surface area contributed by atoms with Gasteiger partial charge in [0, 0.05) is 11.7 Å². The fraction of sp³-hybridized carbons (Fsp3) is 0.455. The van der Waals surface area contributed by atoms with Crippen LogP contribution in [-0.2, 0) is 23.8 Å². The second kappa shape index (κ2) is 8.50. The Morgan fingerprint density at radius 1 is 0.968 bits per heavy atom. The molecule has 2 amide bonds. The van der Waals surface area contributed by atoms with Crippen LogP contribution in [-0.4, -0.2) is 62.3 Å². The predicted octanol–water partition coefficient (Wildman–Crippen LogP) is 2.01. The number of esters is 2. The van der Waals surface area contributed by atoms with E-state index >= 15 is 0 Å². The highest BCUT2D eigenvalue weighted by atomic mass is 16.5. The molecule has 1 aliphatic carbocycles. The van der Waals surface area contributed by atoms with Gasteiger partial charge in [0.25, 0.3) is 11.8 Å². The molecule has 0 atom stereocenters. The zero-order valence-corrected chi connectivity index (χ0v) is 17.5. The molecule has 0 bridgehead atoms. The SMILES string of the molecule is COC(=O)C1=C(C(=O)OC)N(c2ccc3c(c2)C(=O)N(C2CCCCC2)C3=O)COC1. The lowest BCUT2D eigenvalue weighted by Crippen LogP contribution is -2.40. The molecule has 1 aromatic carbocycles. The number of methoxy groups -OCH3 is 2. The monoisotopic (exact) mass is 428 g/mol. The second-order valence-electron chi connectivity index (χ2n) is 7.72. The quantitative estimate of drug-likeness (QED) is 0.530. The number of hydrogen-bond donors (Lipinski definition) is 0. The lowest BCUT2D eigenvalue weighted by molar-refractivity contribution is -0.140. The van der Waals surface area contributed by atoms with E-state index in [0.29, 0.717) is 11.3 Å². The van der Waals surface area contributed by atoms with E-state index in [-0.39, 0.29) is 48.0 Å². The van der Waals surface area contributed by atoms with Crippen LogP contribution in [0.2, 0.25) is 0 Å². The summed E-state index contributed by atoms with van der Waals surface area (Å²) in [5, 5.41) is 0. The highest BCUT2D eigenvalue weighted by molar-refractivity contribution is 6.22. The van der Waals surface area contributed by atoms with E-state index < -0.39 is 11.9 Å². The Kier molecular flexibility index (Phi) is 5.77. The number of anilines is 1. The minimum absolute atomic E-state index is 0.0125. The van der Waals surface area contributed by atoms with E-state index in [1.54, 1.807) is 18.2 Å². The fourth-order valence-electron chi connectivity index (χ4n) is 4.43. The van der Waals surface area contributed by atoms with Gasteiger partial charge in [-0.05, 0) is 31.0 Å². The van der Waals surface area contributed by atoms with Crippen molar-refractivity contribution in [1.82, 2.24) is 4.90 Å². The van der Waals surface area contributed by atoms with E-state index in [2.05, 4.69) is 0 Å². The molecule has 2 heterocycles. The first-order valence-electron chi connectivity index (χ1n) is 10.2. The average Bonchev–Trinajstić information content (AvgIpc) is 3.07. The van der Waals surface area contributed by atoms with Crippen molar-refractivity contribution in [2.75, 3.05) is 32.5 Å². The second-order valence-corrected chi connectivity index (χ2v) is 7.72. The normalized spacial score (nSPS) is 19.5. The Morgan fingerprint density at radius 3 is 2.32 bits per heavy atom. The van der Waals surface area contributed by atoms with Crippen LogP contribution in [0.25, 0.3) is 0 Å². The largest absolute Gasteiger partial charge is 0.466 e. The number of benzene rings is 1. The van der Waals surface area contributed by atoms with E-state index in [1.807, 2.05) is 0 Å².